The molecule has 1 N–H and O–H groups in total. The lowest BCUT2D eigenvalue weighted by molar-refractivity contribution is 0.0731. The molecule has 2 aromatic carbocycles. The van der Waals surface area contributed by atoms with E-state index in [0.29, 0.717) is 18.7 Å². The lowest BCUT2D eigenvalue weighted by Crippen LogP contribution is -2.49. The molecule has 194 valence electrons. The van der Waals surface area contributed by atoms with E-state index in [1.807, 2.05) is 44.3 Å². The highest BCUT2D eigenvalue weighted by atomic mass is 32.2. The number of aliphatic hydroxyl groups is 1. The number of likely N-dealkylation sites (N-methyl/N-ethyl adjacent to an activating group) is 1. The first-order chi connectivity index (χ1) is 17.7. The van der Waals surface area contributed by atoms with Crippen molar-refractivity contribution >= 4 is 10.0 Å². The van der Waals surface area contributed by atoms with Crippen LogP contribution in [0.4, 0.5) is 0 Å². The number of aliphatic hydroxyl groups excluding tert-OH is 1. The van der Waals surface area contributed by atoms with Crippen LogP contribution in [0.3, 0.4) is 0 Å². The van der Waals surface area contributed by atoms with Gasteiger partial charge in [0, 0.05) is 37.8 Å². The topological polar surface area (TPSA) is 107 Å². The maximum Gasteiger partial charge on any atom is 0.247 e. The third kappa shape index (κ3) is 6.00. The van der Waals surface area contributed by atoms with Gasteiger partial charge in [0.2, 0.25) is 10.0 Å². The van der Waals surface area contributed by atoms with Crippen molar-refractivity contribution in [1.29, 1.82) is 5.26 Å². The van der Waals surface area contributed by atoms with Crippen molar-refractivity contribution in [3.05, 3.63) is 78.1 Å². The van der Waals surface area contributed by atoms with E-state index < -0.39 is 16.1 Å². The number of sulfonamides is 1. The number of nitrogens with zero attached hydrogens (tertiary/aromatic N) is 4. The Bertz CT molecular complexity index is 1360. The summed E-state index contributed by atoms with van der Waals surface area (Å²) in [5, 5.41) is 19.0. The van der Waals surface area contributed by atoms with Gasteiger partial charge in [-0.05, 0) is 61.5 Å². The number of pyridine rings is 1. The smallest absolute Gasteiger partial charge is 0.247 e. The van der Waals surface area contributed by atoms with Crippen LogP contribution in [0.2, 0.25) is 0 Å². The summed E-state index contributed by atoms with van der Waals surface area (Å²) in [7, 11) is -1.93. The van der Waals surface area contributed by atoms with Crippen molar-refractivity contribution < 1.29 is 18.3 Å². The predicted octanol–water partition coefficient (Wildman–Crippen LogP) is 3.52. The Morgan fingerprint density at radius 1 is 1.19 bits per heavy atom. The van der Waals surface area contributed by atoms with Crippen LogP contribution in [0.15, 0.2) is 71.8 Å². The van der Waals surface area contributed by atoms with Crippen LogP contribution in [0, 0.1) is 17.2 Å². The number of nitriles is 1. The lowest BCUT2D eigenvalue weighted by Gasteiger charge is -2.37. The highest BCUT2D eigenvalue weighted by molar-refractivity contribution is 7.89. The van der Waals surface area contributed by atoms with Crippen LogP contribution >= 0.6 is 0 Å². The third-order valence-corrected chi connectivity index (χ3v) is 8.68. The van der Waals surface area contributed by atoms with E-state index in [4.69, 9.17) is 10.00 Å². The molecule has 37 heavy (non-hydrogen) atoms. The summed E-state index contributed by atoms with van der Waals surface area (Å²) in [6.07, 6.45) is 1.45. The van der Waals surface area contributed by atoms with Crippen LogP contribution in [0.1, 0.15) is 25.1 Å². The molecule has 0 bridgehead atoms. The SMILES string of the molecule is C[C@@H]1CN([C@@H](C)CO)S(=O)(=O)c2ccc(-c3ccc(C#N)cc3)cc2O[C@@H]1CN(C)Cc1ccccn1. The minimum Gasteiger partial charge on any atom is -0.487 e. The van der Waals surface area contributed by atoms with E-state index in [0.717, 1.165) is 16.8 Å². The molecule has 0 fully saturated rings. The van der Waals surface area contributed by atoms with Gasteiger partial charge < -0.3 is 9.84 Å². The summed E-state index contributed by atoms with van der Waals surface area (Å²) in [4.78, 5) is 6.60. The normalized spacial score (nSPS) is 20.2. The lowest BCUT2D eigenvalue weighted by atomic mass is 10.0. The van der Waals surface area contributed by atoms with Crippen molar-refractivity contribution in [1.82, 2.24) is 14.2 Å². The maximum absolute atomic E-state index is 13.7. The van der Waals surface area contributed by atoms with E-state index in [2.05, 4.69) is 16.0 Å². The average Bonchev–Trinajstić information content (AvgIpc) is 2.90. The zero-order chi connectivity index (χ0) is 26.6. The van der Waals surface area contributed by atoms with Crippen LogP contribution in [-0.2, 0) is 16.6 Å². The zero-order valence-corrected chi connectivity index (χ0v) is 22.1. The van der Waals surface area contributed by atoms with E-state index in [1.165, 1.54) is 4.31 Å². The van der Waals surface area contributed by atoms with Gasteiger partial charge in [-0.15, -0.1) is 0 Å². The number of aromatic nitrogens is 1. The molecule has 0 saturated carbocycles. The highest BCUT2D eigenvalue weighted by Gasteiger charge is 2.38. The predicted molar refractivity (Wildman–Crippen MR) is 141 cm³/mol. The van der Waals surface area contributed by atoms with E-state index in [-0.39, 0.29) is 35.8 Å². The van der Waals surface area contributed by atoms with Gasteiger partial charge >= 0.3 is 0 Å². The molecule has 3 aromatic rings. The minimum atomic E-state index is -3.92. The summed E-state index contributed by atoms with van der Waals surface area (Å²) < 4.78 is 35.3. The summed E-state index contributed by atoms with van der Waals surface area (Å²) in [6.45, 7) is 4.81. The Kier molecular flexibility index (Phi) is 8.25. The molecule has 3 atom stereocenters. The van der Waals surface area contributed by atoms with Gasteiger partial charge in [-0.25, -0.2) is 8.42 Å². The molecule has 2 heterocycles. The van der Waals surface area contributed by atoms with Crippen molar-refractivity contribution in [2.24, 2.45) is 5.92 Å². The summed E-state index contributed by atoms with van der Waals surface area (Å²) in [5.74, 6) is 0.126. The molecule has 0 aliphatic carbocycles. The highest BCUT2D eigenvalue weighted by Crippen LogP contribution is 2.36. The Morgan fingerprint density at radius 2 is 1.92 bits per heavy atom. The fourth-order valence-corrected chi connectivity index (χ4v) is 6.33. The summed E-state index contributed by atoms with van der Waals surface area (Å²) >= 11 is 0. The average molecular weight is 521 g/mol. The zero-order valence-electron chi connectivity index (χ0n) is 21.3. The first kappa shape index (κ1) is 26.8. The molecule has 4 rings (SSSR count). The second kappa shape index (κ2) is 11.4. The van der Waals surface area contributed by atoms with E-state index >= 15 is 0 Å². The summed E-state index contributed by atoms with van der Waals surface area (Å²) in [5.41, 5.74) is 3.12. The minimum absolute atomic E-state index is 0.0782. The van der Waals surface area contributed by atoms with Gasteiger partial charge in [-0.2, -0.15) is 9.57 Å². The molecule has 1 aromatic heterocycles. The second-order valence-corrected chi connectivity index (χ2v) is 11.5. The fraction of sp³-hybridized carbons (Fsp3) is 0.357. The number of fused-ring (bicyclic) bond motifs is 1. The molecule has 0 saturated heterocycles. The van der Waals surface area contributed by atoms with Crippen LogP contribution in [-0.4, -0.2) is 66.6 Å². The first-order valence-corrected chi connectivity index (χ1v) is 13.7. The monoisotopic (exact) mass is 520 g/mol. The molecular weight excluding hydrogens is 488 g/mol. The third-order valence-electron chi connectivity index (χ3n) is 6.66. The molecule has 0 unspecified atom stereocenters. The maximum atomic E-state index is 13.7. The Morgan fingerprint density at radius 3 is 2.57 bits per heavy atom. The first-order valence-electron chi connectivity index (χ1n) is 12.3. The number of ether oxygens (including phenoxy) is 1. The standard InChI is InChI=1S/C28H32N4O4S/c1-20-16-32(21(2)19-33)37(34,35)28-12-11-24(23-9-7-22(15-29)8-10-23)14-26(28)36-27(20)18-31(3)17-25-6-4-5-13-30-25/h4-14,20-21,27,33H,16-19H2,1-3H3/t20-,21+,27-/m1/s1. The second-order valence-electron chi connectivity index (χ2n) is 9.61. The number of benzene rings is 2. The van der Waals surface area contributed by atoms with Crippen molar-refractivity contribution in [2.75, 3.05) is 26.7 Å². The van der Waals surface area contributed by atoms with Gasteiger partial charge in [0.1, 0.15) is 16.7 Å². The molecule has 1 aliphatic heterocycles. The molecule has 8 nitrogen and oxygen atoms in total. The van der Waals surface area contributed by atoms with Crippen molar-refractivity contribution in [3.63, 3.8) is 0 Å². The van der Waals surface area contributed by atoms with Gasteiger partial charge in [0.25, 0.3) is 0 Å². The molecule has 0 amide bonds. The van der Waals surface area contributed by atoms with Gasteiger partial charge in [0.05, 0.1) is 23.9 Å². The fourth-order valence-electron chi connectivity index (χ4n) is 4.50. The van der Waals surface area contributed by atoms with Crippen molar-refractivity contribution in [2.45, 2.75) is 37.4 Å². The van der Waals surface area contributed by atoms with Crippen molar-refractivity contribution in [3.8, 4) is 22.9 Å². The van der Waals surface area contributed by atoms with Crippen LogP contribution in [0.25, 0.3) is 11.1 Å². The molecular formula is C28H32N4O4S. The van der Waals surface area contributed by atoms with Gasteiger partial charge in [0.15, 0.2) is 0 Å². The molecule has 0 spiro atoms. The number of hydrogen-bond donors (Lipinski definition) is 1. The van der Waals surface area contributed by atoms with E-state index in [9.17, 15) is 13.5 Å². The van der Waals surface area contributed by atoms with Crippen LogP contribution < -0.4 is 4.74 Å². The summed E-state index contributed by atoms with van der Waals surface area (Å²) in [6, 6.07) is 19.5. The number of rotatable bonds is 7. The largest absolute Gasteiger partial charge is 0.487 e. The Hall–Kier alpha value is -3.29. The quantitative estimate of drug-likeness (QED) is 0.508. The Balaban J connectivity index is 1.72. The molecule has 1 aliphatic rings. The van der Waals surface area contributed by atoms with E-state index in [1.54, 1.807) is 43.5 Å². The number of hydrogen-bond acceptors (Lipinski definition) is 7. The van der Waals surface area contributed by atoms with Crippen LogP contribution in [0.5, 0.6) is 5.75 Å². The molecule has 9 heteroatoms. The van der Waals surface area contributed by atoms with Gasteiger partial charge in [-0.1, -0.05) is 31.2 Å². The van der Waals surface area contributed by atoms with Gasteiger partial charge in [-0.3, -0.25) is 9.88 Å². The molecule has 0 radical (unpaired) electrons. The Labute approximate surface area is 218 Å².